The summed E-state index contributed by atoms with van der Waals surface area (Å²) in [6.07, 6.45) is 0.935. The number of hydrogen-bond donors (Lipinski definition) is 2. The number of halogens is 1. The minimum Gasteiger partial charge on any atom is -0.336 e. The predicted octanol–water partition coefficient (Wildman–Crippen LogP) is 3.05. The average Bonchev–Trinajstić information content (AvgIpc) is 2.26. The molecule has 0 radical (unpaired) electrons. The third-order valence-electron chi connectivity index (χ3n) is 2.33. The number of urea groups is 1. The second kappa shape index (κ2) is 6.53. The Kier molecular flexibility index (Phi) is 5.32. The standard InChI is InChI=1S/C12H17BrN2O/c1-3-9(2)15-12(16)14-8-10-5-4-6-11(13)7-10/h4-7,9H,3,8H2,1-2H3,(H2,14,15,16). The van der Waals surface area contributed by atoms with Gasteiger partial charge < -0.3 is 10.6 Å². The van der Waals surface area contributed by atoms with Crippen LogP contribution in [-0.2, 0) is 6.54 Å². The zero-order valence-corrected chi connectivity index (χ0v) is 11.2. The number of amides is 2. The van der Waals surface area contributed by atoms with E-state index in [1.54, 1.807) is 0 Å². The summed E-state index contributed by atoms with van der Waals surface area (Å²) in [6, 6.07) is 7.98. The van der Waals surface area contributed by atoms with Gasteiger partial charge in [0.15, 0.2) is 0 Å². The molecule has 1 aromatic carbocycles. The molecule has 1 atom stereocenters. The molecule has 0 aliphatic carbocycles. The SMILES string of the molecule is CCC(C)NC(=O)NCc1cccc(Br)c1. The topological polar surface area (TPSA) is 41.1 Å². The predicted molar refractivity (Wildman–Crippen MR) is 69.3 cm³/mol. The zero-order chi connectivity index (χ0) is 12.0. The van der Waals surface area contributed by atoms with E-state index in [4.69, 9.17) is 0 Å². The van der Waals surface area contributed by atoms with Crippen molar-refractivity contribution in [1.82, 2.24) is 10.6 Å². The highest BCUT2D eigenvalue weighted by atomic mass is 79.9. The van der Waals surface area contributed by atoms with Gasteiger partial charge in [-0.1, -0.05) is 35.0 Å². The van der Waals surface area contributed by atoms with Crippen molar-refractivity contribution in [2.45, 2.75) is 32.9 Å². The number of nitrogens with one attached hydrogen (secondary N) is 2. The highest BCUT2D eigenvalue weighted by Crippen LogP contribution is 2.11. The number of rotatable bonds is 4. The lowest BCUT2D eigenvalue weighted by Gasteiger charge is -2.12. The van der Waals surface area contributed by atoms with E-state index >= 15 is 0 Å². The van der Waals surface area contributed by atoms with E-state index in [2.05, 4.69) is 26.6 Å². The minimum absolute atomic E-state index is 0.116. The van der Waals surface area contributed by atoms with E-state index in [1.165, 1.54) is 0 Å². The number of benzene rings is 1. The Morgan fingerprint density at radius 1 is 1.50 bits per heavy atom. The molecule has 0 spiro atoms. The van der Waals surface area contributed by atoms with Crippen LogP contribution in [0.4, 0.5) is 4.79 Å². The van der Waals surface area contributed by atoms with Crippen LogP contribution in [-0.4, -0.2) is 12.1 Å². The maximum absolute atomic E-state index is 11.4. The number of carbonyl (C=O) groups is 1. The third-order valence-corrected chi connectivity index (χ3v) is 2.83. The van der Waals surface area contributed by atoms with Gasteiger partial charge in [-0.3, -0.25) is 0 Å². The quantitative estimate of drug-likeness (QED) is 0.877. The highest BCUT2D eigenvalue weighted by Gasteiger charge is 2.04. The third kappa shape index (κ3) is 4.66. The van der Waals surface area contributed by atoms with Gasteiger partial charge in [0.05, 0.1) is 0 Å². The van der Waals surface area contributed by atoms with E-state index in [1.807, 2.05) is 38.1 Å². The molecule has 0 aliphatic rings. The van der Waals surface area contributed by atoms with Crippen molar-refractivity contribution in [3.05, 3.63) is 34.3 Å². The van der Waals surface area contributed by atoms with Crippen LogP contribution in [0, 0.1) is 0 Å². The summed E-state index contributed by atoms with van der Waals surface area (Å²) in [5.41, 5.74) is 1.08. The van der Waals surface area contributed by atoms with E-state index in [0.29, 0.717) is 6.54 Å². The molecule has 88 valence electrons. The summed E-state index contributed by atoms with van der Waals surface area (Å²) in [5.74, 6) is 0. The maximum Gasteiger partial charge on any atom is 0.315 e. The van der Waals surface area contributed by atoms with Crippen LogP contribution >= 0.6 is 15.9 Å². The van der Waals surface area contributed by atoms with Gasteiger partial charge in [0.25, 0.3) is 0 Å². The molecule has 4 heteroatoms. The number of carbonyl (C=O) groups excluding carboxylic acids is 1. The van der Waals surface area contributed by atoms with Gasteiger partial charge >= 0.3 is 6.03 Å². The molecule has 2 amide bonds. The summed E-state index contributed by atoms with van der Waals surface area (Å²) >= 11 is 3.39. The van der Waals surface area contributed by atoms with Crippen LogP contribution in [0.25, 0.3) is 0 Å². The summed E-state index contributed by atoms with van der Waals surface area (Å²) in [7, 11) is 0. The van der Waals surface area contributed by atoms with Gasteiger partial charge in [-0.2, -0.15) is 0 Å². The highest BCUT2D eigenvalue weighted by molar-refractivity contribution is 9.10. The fraction of sp³-hybridized carbons (Fsp3) is 0.417. The van der Waals surface area contributed by atoms with Crippen LogP contribution < -0.4 is 10.6 Å². The molecule has 16 heavy (non-hydrogen) atoms. The van der Waals surface area contributed by atoms with E-state index in [-0.39, 0.29) is 12.1 Å². The van der Waals surface area contributed by atoms with Crippen LogP contribution in [0.1, 0.15) is 25.8 Å². The fourth-order valence-corrected chi connectivity index (χ4v) is 1.65. The smallest absolute Gasteiger partial charge is 0.315 e. The molecule has 1 rings (SSSR count). The van der Waals surface area contributed by atoms with Crippen molar-refractivity contribution >= 4 is 22.0 Å². The van der Waals surface area contributed by atoms with Gasteiger partial charge in [-0.05, 0) is 31.0 Å². The lowest BCUT2D eigenvalue weighted by Crippen LogP contribution is -2.40. The maximum atomic E-state index is 11.4. The van der Waals surface area contributed by atoms with Gasteiger partial charge in [0.2, 0.25) is 0 Å². The lowest BCUT2D eigenvalue weighted by atomic mass is 10.2. The molecule has 0 aromatic heterocycles. The number of hydrogen-bond acceptors (Lipinski definition) is 1. The molecule has 0 heterocycles. The molecule has 1 unspecified atom stereocenters. The van der Waals surface area contributed by atoms with E-state index in [0.717, 1.165) is 16.5 Å². The van der Waals surface area contributed by atoms with Gasteiger partial charge in [0.1, 0.15) is 0 Å². The summed E-state index contributed by atoms with van der Waals surface area (Å²) in [4.78, 5) is 11.4. The Labute approximate surface area is 105 Å². The van der Waals surface area contributed by atoms with Crippen molar-refractivity contribution in [3.63, 3.8) is 0 Å². The molecule has 3 nitrogen and oxygen atoms in total. The van der Waals surface area contributed by atoms with E-state index < -0.39 is 0 Å². The largest absolute Gasteiger partial charge is 0.336 e. The van der Waals surface area contributed by atoms with Gasteiger partial charge in [-0.25, -0.2) is 4.79 Å². The van der Waals surface area contributed by atoms with Crippen LogP contribution in [0.2, 0.25) is 0 Å². The van der Waals surface area contributed by atoms with Crippen LogP contribution in [0.15, 0.2) is 28.7 Å². The molecule has 0 saturated carbocycles. The monoisotopic (exact) mass is 284 g/mol. The lowest BCUT2D eigenvalue weighted by molar-refractivity contribution is 0.237. The van der Waals surface area contributed by atoms with Crippen molar-refractivity contribution in [2.75, 3.05) is 0 Å². The second-order valence-electron chi connectivity index (χ2n) is 3.77. The molecule has 0 aliphatic heterocycles. The zero-order valence-electron chi connectivity index (χ0n) is 9.59. The molecule has 2 N–H and O–H groups in total. The van der Waals surface area contributed by atoms with Crippen molar-refractivity contribution in [1.29, 1.82) is 0 Å². The van der Waals surface area contributed by atoms with Gasteiger partial charge in [-0.15, -0.1) is 0 Å². The Hall–Kier alpha value is -1.03. The Morgan fingerprint density at radius 2 is 2.25 bits per heavy atom. The normalized spacial score (nSPS) is 11.9. The van der Waals surface area contributed by atoms with Crippen molar-refractivity contribution in [2.24, 2.45) is 0 Å². The van der Waals surface area contributed by atoms with Crippen molar-refractivity contribution < 1.29 is 4.79 Å². The molecule has 0 saturated heterocycles. The molecule has 0 fully saturated rings. The van der Waals surface area contributed by atoms with Gasteiger partial charge in [0, 0.05) is 17.1 Å². The molecule has 0 bridgehead atoms. The first-order chi connectivity index (χ1) is 7.61. The minimum atomic E-state index is -0.116. The Bertz CT molecular complexity index is 355. The van der Waals surface area contributed by atoms with E-state index in [9.17, 15) is 4.79 Å². The summed E-state index contributed by atoms with van der Waals surface area (Å²) in [5, 5.41) is 5.67. The first kappa shape index (κ1) is 13.0. The molecule has 1 aromatic rings. The molecular weight excluding hydrogens is 268 g/mol. The second-order valence-corrected chi connectivity index (χ2v) is 4.68. The fourth-order valence-electron chi connectivity index (χ4n) is 1.21. The summed E-state index contributed by atoms with van der Waals surface area (Å²) in [6.45, 7) is 4.57. The molecular formula is C12H17BrN2O. The Morgan fingerprint density at radius 3 is 2.88 bits per heavy atom. The van der Waals surface area contributed by atoms with Crippen LogP contribution in [0.5, 0.6) is 0 Å². The first-order valence-electron chi connectivity index (χ1n) is 5.40. The van der Waals surface area contributed by atoms with Crippen molar-refractivity contribution in [3.8, 4) is 0 Å². The average molecular weight is 285 g/mol. The first-order valence-corrected chi connectivity index (χ1v) is 6.20. The Balaban J connectivity index is 2.37. The van der Waals surface area contributed by atoms with Crippen LogP contribution in [0.3, 0.4) is 0 Å². The summed E-state index contributed by atoms with van der Waals surface area (Å²) < 4.78 is 1.02.